The summed E-state index contributed by atoms with van der Waals surface area (Å²) < 4.78 is 0. The van der Waals surface area contributed by atoms with E-state index in [4.69, 9.17) is 16.7 Å². The van der Waals surface area contributed by atoms with Gasteiger partial charge in [0.2, 0.25) is 5.91 Å². The molecule has 5 heteroatoms. The highest BCUT2D eigenvalue weighted by atomic mass is 35.5. The number of hydrogen-bond donors (Lipinski definition) is 2. The van der Waals surface area contributed by atoms with Gasteiger partial charge in [0, 0.05) is 10.9 Å². The molecule has 0 saturated heterocycles. The lowest BCUT2D eigenvalue weighted by Crippen LogP contribution is -2.44. The van der Waals surface area contributed by atoms with E-state index in [0.717, 1.165) is 5.56 Å². The number of hydrogen-bond acceptors (Lipinski definition) is 2. The highest BCUT2D eigenvalue weighted by Crippen LogP contribution is 2.15. The molecule has 0 spiro atoms. The molecule has 0 aliphatic carbocycles. The van der Waals surface area contributed by atoms with E-state index in [1.165, 1.54) is 0 Å². The molecule has 116 valence electrons. The summed E-state index contributed by atoms with van der Waals surface area (Å²) in [7, 11) is 0. The second-order valence-corrected chi connectivity index (χ2v) is 6.20. The minimum Gasteiger partial charge on any atom is -0.480 e. The Morgan fingerprint density at radius 1 is 1.29 bits per heavy atom. The van der Waals surface area contributed by atoms with Crippen molar-refractivity contribution in [1.29, 1.82) is 0 Å². The van der Waals surface area contributed by atoms with Crippen LogP contribution < -0.4 is 5.32 Å². The number of carboxylic acids is 1. The molecule has 4 nitrogen and oxygen atoms in total. The molecule has 1 aromatic rings. The maximum absolute atomic E-state index is 12.1. The second kappa shape index (κ2) is 8.03. The van der Waals surface area contributed by atoms with Gasteiger partial charge in [-0.25, -0.2) is 4.79 Å². The van der Waals surface area contributed by atoms with Crippen LogP contribution in [-0.4, -0.2) is 23.0 Å². The predicted molar refractivity (Wildman–Crippen MR) is 83.3 cm³/mol. The van der Waals surface area contributed by atoms with Crippen LogP contribution in [0, 0.1) is 11.8 Å². The number of carbonyl (C=O) groups excluding carboxylic acids is 1. The van der Waals surface area contributed by atoms with Gasteiger partial charge in [0.1, 0.15) is 6.04 Å². The van der Waals surface area contributed by atoms with Crippen molar-refractivity contribution in [3.63, 3.8) is 0 Å². The number of halogens is 1. The highest BCUT2D eigenvalue weighted by molar-refractivity contribution is 6.30. The number of aliphatic carboxylic acids is 1. The lowest BCUT2D eigenvalue weighted by molar-refractivity contribution is -0.142. The number of nitrogens with one attached hydrogen (secondary N) is 1. The number of amides is 1. The van der Waals surface area contributed by atoms with E-state index in [-0.39, 0.29) is 17.7 Å². The number of carbonyl (C=O) groups is 2. The molecule has 0 radical (unpaired) electrons. The Bertz CT molecular complexity index is 502. The molecule has 0 aliphatic heterocycles. The van der Waals surface area contributed by atoms with Crippen LogP contribution in [-0.2, 0) is 16.0 Å². The normalized spacial score (nSPS) is 13.8. The predicted octanol–water partition coefficient (Wildman–Crippen LogP) is 3.13. The van der Waals surface area contributed by atoms with Gasteiger partial charge in [-0.1, -0.05) is 44.5 Å². The summed E-state index contributed by atoms with van der Waals surface area (Å²) in [5.41, 5.74) is 0.959. The lowest BCUT2D eigenvalue weighted by Gasteiger charge is -2.19. The third kappa shape index (κ3) is 6.17. The van der Waals surface area contributed by atoms with Gasteiger partial charge in [-0.2, -0.15) is 0 Å². The van der Waals surface area contributed by atoms with Crippen LogP contribution in [0.2, 0.25) is 5.02 Å². The largest absolute Gasteiger partial charge is 0.480 e. The fourth-order valence-electron chi connectivity index (χ4n) is 2.12. The van der Waals surface area contributed by atoms with E-state index in [0.29, 0.717) is 17.9 Å². The van der Waals surface area contributed by atoms with E-state index >= 15 is 0 Å². The van der Waals surface area contributed by atoms with E-state index in [1.54, 1.807) is 13.0 Å². The molecule has 0 heterocycles. The molecule has 1 rings (SSSR count). The Hall–Kier alpha value is -1.55. The van der Waals surface area contributed by atoms with Crippen molar-refractivity contribution in [2.75, 3.05) is 0 Å². The molecule has 0 fully saturated rings. The third-order valence-corrected chi connectivity index (χ3v) is 3.44. The highest BCUT2D eigenvalue weighted by Gasteiger charge is 2.23. The zero-order valence-electron chi connectivity index (χ0n) is 12.6. The van der Waals surface area contributed by atoms with Crippen molar-refractivity contribution in [2.24, 2.45) is 11.8 Å². The number of benzene rings is 1. The van der Waals surface area contributed by atoms with Crippen LogP contribution >= 0.6 is 11.6 Å². The summed E-state index contributed by atoms with van der Waals surface area (Å²) in [6.07, 6.45) is 0.950. The average Bonchev–Trinajstić information content (AvgIpc) is 2.37. The Morgan fingerprint density at radius 3 is 2.48 bits per heavy atom. The van der Waals surface area contributed by atoms with E-state index in [1.807, 2.05) is 32.0 Å². The standard InChI is InChI=1S/C16H22ClNO3/c1-10(2)7-14(16(20)21)18-15(19)11(3)8-12-5-4-6-13(17)9-12/h4-6,9-11,14H,7-8H2,1-3H3,(H,18,19)(H,20,21)/t11?,14-/m0/s1. The summed E-state index contributed by atoms with van der Waals surface area (Å²) >= 11 is 5.91. The molecule has 0 aromatic heterocycles. The Kier molecular flexibility index (Phi) is 6.69. The summed E-state index contributed by atoms with van der Waals surface area (Å²) in [5, 5.41) is 12.4. The first-order valence-electron chi connectivity index (χ1n) is 7.07. The molecule has 0 bridgehead atoms. The molecule has 0 saturated carbocycles. The van der Waals surface area contributed by atoms with Crippen LogP contribution in [0.4, 0.5) is 0 Å². The van der Waals surface area contributed by atoms with E-state index < -0.39 is 12.0 Å². The van der Waals surface area contributed by atoms with Crippen molar-refractivity contribution < 1.29 is 14.7 Å². The SMILES string of the molecule is CC(C)C[C@H](NC(=O)C(C)Cc1cccc(Cl)c1)C(=O)O. The summed E-state index contributed by atoms with van der Waals surface area (Å²) in [4.78, 5) is 23.3. The molecule has 1 aromatic carbocycles. The van der Waals surface area contributed by atoms with Gasteiger partial charge >= 0.3 is 5.97 Å². The number of rotatable bonds is 7. The van der Waals surface area contributed by atoms with Crippen LogP contribution in [0.15, 0.2) is 24.3 Å². The first kappa shape index (κ1) is 17.5. The van der Waals surface area contributed by atoms with Crippen LogP contribution in [0.1, 0.15) is 32.8 Å². The van der Waals surface area contributed by atoms with Crippen molar-refractivity contribution in [2.45, 2.75) is 39.7 Å². The third-order valence-electron chi connectivity index (χ3n) is 3.20. The molecular formula is C16H22ClNO3. The lowest BCUT2D eigenvalue weighted by atomic mass is 9.98. The minimum atomic E-state index is -0.994. The molecule has 2 N–H and O–H groups in total. The fourth-order valence-corrected chi connectivity index (χ4v) is 2.33. The Morgan fingerprint density at radius 2 is 1.95 bits per heavy atom. The van der Waals surface area contributed by atoms with Gasteiger partial charge < -0.3 is 10.4 Å². The average molecular weight is 312 g/mol. The van der Waals surface area contributed by atoms with Gasteiger partial charge in [-0.15, -0.1) is 0 Å². The van der Waals surface area contributed by atoms with Crippen LogP contribution in [0.25, 0.3) is 0 Å². The minimum absolute atomic E-state index is 0.203. The molecule has 0 aliphatic rings. The maximum atomic E-state index is 12.1. The van der Waals surface area contributed by atoms with Gasteiger partial charge in [-0.05, 0) is 36.5 Å². The summed E-state index contributed by atoms with van der Waals surface area (Å²) in [6.45, 7) is 5.64. The maximum Gasteiger partial charge on any atom is 0.326 e. The fraction of sp³-hybridized carbons (Fsp3) is 0.500. The van der Waals surface area contributed by atoms with Crippen LogP contribution in [0.3, 0.4) is 0 Å². The van der Waals surface area contributed by atoms with E-state index in [2.05, 4.69) is 5.32 Å². The molecule has 2 atom stereocenters. The van der Waals surface area contributed by atoms with Gasteiger partial charge in [-0.3, -0.25) is 4.79 Å². The zero-order chi connectivity index (χ0) is 16.0. The van der Waals surface area contributed by atoms with Gasteiger partial charge in [0.15, 0.2) is 0 Å². The first-order valence-corrected chi connectivity index (χ1v) is 7.45. The van der Waals surface area contributed by atoms with Crippen molar-refractivity contribution in [1.82, 2.24) is 5.32 Å². The second-order valence-electron chi connectivity index (χ2n) is 5.76. The van der Waals surface area contributed by atoms with Crippen molar-refractivity contribution in [3.05, 3.63) is 34.9 Å². The first-order chi connectivity index (χ1) is 9.79. The Balaban J connectivity index is 2.62. The van der Waals surface area contributed by atoms with Gasteiger partial charge in [0.25, 0.3) is 0 Å². The molecule has 1 unspecified atom stereocenters. The van der Waals surface area contributed by atoms with Gasteiger partial charge in [0.05, 0.1) is 0 Å². The number of carboxylic acid groups (broad SMARTS) is 1. The summed E-state index contributed by atoms with van der Waals surface area (Å²) in [5.74, 6) is -1.35. The van der Waals surface area contributed by atoms with E-state index in [9.17, 15) is 9.59 Å². The monoisotopic (exact) mass is 311 g/mol. The van der Waals surface area contributed by atoms with Crippen LogP contribution in [0.5, 0.6) is 0 Å². The summed E-state index contributed by atoms with van der Waals surface area (Å²) in [6, 6.07) is 6.49. The zero-order valence-corrected chi connectivity index (χ0v) is 13.4. The molecular weight excluding hydrogens is 290 g/mol. The Labute approximate surface area is 130 Å². The van der Waals surface area contributed by atoms with Crippen molar-refractivity contribution in [3.8, 4) is 0 Å². The smallest absolute Gasteiger partial charge is 0.326 e. The quantitative estimate of drug-likeness (QED) is 0.813. The topological polar surface area (TPSA) is 66.4 Å². The molecule has 1 amide bonds. The van der Waals surface area contributed by atoms with Crippen molar-refractivity contribution >= 4 is 23.5 Å². The molecule has 21 heavy (non-hydrogen) atoms.